The number of nitrogens with zero attached hydrogens (tertiary/aromatic N) is 5. The molecule has 4 rings (SSSR count). The van der Waals surface area contributed by atoms with E-state index < -0.39 is 11.7 Å². The van der Waals surface area contributed by atoms with Gasteiger partial charge in [-0.15, -0.1) is 0 Å². The lowest BCUT2D eigenvalue weighted by Gasteiger charge is -2.23. The molecule has 2 aromatic heterocycles. The van der Waals surface area contributed by atoms with Gasteiger partial charge in [-0.2, -0.15) is 13.2 Å². The van der Waals surface area contributed by atoms with Gasteiger partial charge in [-0.25, -0.2) is 9.97 Å². The summed E-state index contributed by atoms with van der Waals surface area (Å²) < 4.78 is 41.1. The van der Waals surface area contributed by atoms with Gasteiger partial charge in [0.15, 0.2) is 11.5 Å². The van der Waals surface area contributed by atoms with Gasteiger partial charge in [0, 0.05) is 43.8 Å². The van der Waals surface area contributed by atoms with E-state index in [9.17, 15) is 13.2 Å². The van der Waals surface area contributed by atoms with Crippen molar-refractivity contribution in [3.63, 3.8) is 0 Å². The predicted octanol–water partition coefficient (Wildman–Crippen LogP) is 3.56. The van der Waals surface area contributed by atoms with Gasteiger partial charge in [0.05, 0.1) is 11.3 Å². The number of alkyl halides is 3. The SMILES string of the molecule is CN1CCCN(c2nc(-c3cccc(C(F)(F)F)c3)cn3ccnc23)CC1. The largest absolute Gasteiger partial charge is 0.416 e. The highest BCUT2D eigenvalue weighted by Gasteiger charge is 2.30. The minimum Gasteiger partial charge on any atom is -0.352 e. The lowest BCUT2D eigenvalue weighted by Crippen LogP contribution is -2.30. The van der Waals surface area contributed by atoms with Gasteiger partial charge in [-0.1, -0.05) is 12.1 Å². The van der Waals surface area contributed by atoms with Crippen LogP contribution in [0, 0.1) is 0 Å². The van der Waals surface area contributed by atoms with Crippen LogP contribution in [0.1, 0.15) is 12.0 Å². The first-order valence-corrected chi connectivity index (χ1v) is 8.87. The normalized spacial score (nSPS) is 16.7. The molecule has 0 aliphatic carbocycles. The molecule has 1 aliphatic rings. The summed E-state index contributed by atoms with van der Waals surface area (Å²) in [5, 5.41) is 0. The van der Waals surface area contributed by atoms with Gasteiger partial charge in [0.1, 0.15) is 0 Å². The smallest absolute Gasteiger partial charge is 0.352 e. The van der Waals surface area contributed by atoms with Gasteiger partial charge in [-0.05, 0) is 32.1 Å². The van der Waals surface area contributed by atoms with Crippen molar-refractivity contribution in [2.45, 2.75) is 12.6 Å². The fraction of sp³-hybridized carbons (Fsp3) is 0.368. The molecule has 8 heteroatoms. The Labute approximate surface area is 155 Å². The van der Waals surface area contributed by atoms with Crippen LogP contribution in [-0.2, 0) is 6.18 Å². The van der Waals surface area contributed by atoms with E-state index in [4.69, 9.17) is 4.98 Å². The molecule has 3 aromatic rings. The van der Waals surface area contributed by atoms with Gasteiger partial charge >= 0.3 is 6.18 Å². The average molecular weight is 375 g/mol. The summed E-state index contributed by atoms with van der Waals surface area (Å²) in [4.78, 5) is 13.5. The van der Waals surface area contributed by atoms with Crippen molar-refractivity contribution in [3.05, 3.63) is 48.4 Å². The molecule has 0 amide bonds. The molecular weight excluding hydrogens is 355 g/mol. The van der Waals surface area contributed by atoms with Crippen LogP contribution in [-0.4, -0.2) is 52.5 Å². The third kappa shape index (κ3) is 3.62. The number of likely N-dealkylation sites (N-methyl/N-ethyl adjacent to an activating group) is 1. The molecule has 27 heavy (non-hydrogen) atoms. The van der Waals surface area contributed by atoms with Crippen molar-refractivity contribution in [1.29, 1.82) is 0 Å². The molecule has 5 nitrogen and oxygen atoms in total. The van der Waals surface area contributed by atoms with Crippen LogP contribution in [0.3, 0.4) is 0 Å². The molecule has 0 unspecified atom stereocenters. The highest BCUT2D eigenvalue weighted by Crippen LogP contribution is 2.32. The molecule has 1 fully saturated rings. The fourth-order valence-electron chi connectivity index (χ4n) is 3.38. The second-order valence-electron chi connectivity index (χ2n) is 6.83. The summed E-state index contributed by atoms with van der Waals surface area (Å²) in [6.45, 7) is 3.56. The molecule has 0 spiro atoms. The van der Waals surface area contributed by atoms with Crippen molar-refractivity contribution in [1.82, 2.24) is 19.3 Å². The fourth-order valence-corrected chi connectivity index (χ4v) is 3.38. The zero-order valence-electron chi connectivity index (χ0n) is 14.9. The highest BCUT2D eigenvalue weighted by atomic mass is 19.4. The number of hydrogen-bond donors (Lipinski definition) is 0. The van der Waals surface area contributed by atoms with Crippen LogP contribution in [0.15, 0.2) is 42.9 Å². The van der Waals surface area contributed by atoms with E-state index in [-0.39, 0.29) is 0 Å². The van der Waals surface area contributed by atoms with Gasteiger partial charge in [-0.3, -0.25) is 0 Å². The molecule has 0 radical (unpaired) electrons. The lowest BCUT2D eigenvalue weighted by atomic mass is 10.1. The van der Waals surface area contributed by atoms with Crippen molar-refractivity contribution in [3.8, 4) is 11.3 Å². The molecule has 0 bridgehead atoms. The number of aromatic nitrogens is 3. The topological polar surface area (TPSA) is 36.7 Å². The number of rotatable bonds is 2. The van der Waals surface area contributed by atoms with Crippen LogP contribution in [0.2, 0.25) is 0 Å². The van der Waals surface area contributed by atoms with Crippen molar-refractivity contribution in [2.24, 2.45) is 0 Å². The molecule has 142 valence electrons. The summed E-state index contributed by atoms with van der Waals surface area (Å²) >= 11 is 0. The van der Waals surface area contributed by atoms with E-state index in [2.05, 4.69) is 21.8 Å². The highest BCUT2D eigenvalue weighted by molar-refractivity contribution is 5.70. The number of halogens is 3. The van der Waals surface area contributed by atoms with Crippen LogP contribution < -0.4 is 4.90 Å². The second-order valence-corrected chi connectivity index (χ2v) is 6.83. The monoisotopic (exact) mass is 375 g/mol. The zero-order chi connectivity index (χ0) is 19.0. The van der Waals surface area contributed by atoms with Crippen molar-refractivity contribution in [2.75, 3.05) is 38.1 Å². The van der Waals surface area contributed by atoms with Crippen LogP contribution in [0.4, 0.5) is 19.0 Å². The molecular formula is C19H20F3N5. The minimum absolute atomic E-state index is 0.439. The maximum Gasteiger partial charge on any atom is 0.416 e. The number of benzene rings is 1. The average Bonchev–Trinajstić information content (AvgIpc) is 3.01. The molecule has 3 heterocycles. The Balaban J connectivity index is 1.79. The van der Waals surface area contributed by atoms with Gasteiger partial charge < -0.3 is 14.2 Å². The van der Waals surface area contributed by atoms with E-state index in [1.807, 2.05) is 4.40 Å². The summed E-state index contributed by atoms with van der Waals surface area (Å²) in [6.07, 6.45) is 1.82. The predicted molar refractivity (Wildman–Crippen MR) is 97.8 cm³/mol. The Kier molecular flexibility index (Phi) is 4.51. The van der Waals surface area contributed by atoms with Crippen LogP contribution in [0.5, 0.6) is 0 Å². The molecule has 1 aromatic carbocycles. The number of hydrogen-bond acceptors (Lipinski definition) is 4. The maximum atomic E-state index is 13.1. The summed E-state index contributed by atoms with van der Waals surface area (Å²) in [5.41, 5.74) is 0.980. The first kappa shape index (κ1) is 17.8. The number of imidazole rings is 1. The Morgan fingerprint density at radius 3 is 2.74 bits per heavy atom. The van der Waals surface area contributed by atoms with E-state index in [0.717, 1.165) is 50.4 Å². The van der Waals surface area contributed by atoms with E-state index in [1.165, 1.54) is 6.07 Å². The Morgan fingerprint density at radius 2 is 1.93 bits per heavy atom. The summed E-state index contributed by atoms with van der Waals surface area (Å²) in [6, 6.07) is 5.29. The number of fused-ring (bicyclic) bond motifs is 1. The molecule has 0 saturated carbocycles. The van der Waals surface area contributed by atoms with Gasteiger partial charge in [0.25, 0.3) is 0 Å². The van der Waals surface area contributed by atoms with E-state index in [0.29, 0.717) is 17.1 Å². The van der Waals surface area contributed by atoms with Crippen LogP contribution in [0.25, 0.3) is 16.9 Å². The third-order valence-corrected chi connectivity index (χ3v) is 4.86. The summed E-state index contributed by atoms with van der Waals surface area (Å²) in [5.74, 6) is 0.713. The van der Waals surface area contributed by atoms with Crippen molar-refractivity contribution >= 4 is 11.5 Å². The molecule has 1 saturated heterocycles. The van der Waals surface area contributed by atoms with E-state index in [1.54, 1.807) is 24.7 Å². The Bertz CT molecular complexity index is 950. The standard InChI is InChI=1S/C19H20F3N5/c1-25-7-3-8-26(11-10-25)18-17-23-6-9-27(17)13-16(24-18)14-4-2-5-15(12-14)19(20,21)22/h2,4-6,9,12-13H,3,7-8,10-11H2,1H3. The number of anilines is 1. The van der Waals surface area contributed by atoms with E-state index >= 15 is 0 Å². The second kappa shape index (κ2) is 6.84. The first-order chi connectivity index (χ1) is 12.9. The Hall–Kier alpha value is -2.61. The minimum atomic E-state index is -4.38. The zero-order valence-corrected chi connectivity index (χ0v) is 14.9. The van der Waals surface area contributed by atoms with Crippen molar-refractivity contribution < 1.29 is 13.2 Å². The van der Waals surface area contributed by atoms with Crippen LogP contribution >= 0.6 is 0 Å². The quantitative estimate of drug-likeness (QED) is 0.686. The first-order valence-electron chi connectivity index (χ1n) is 8.87. The maximum absolute atomic E-state index is 13.1. The summed E-state index contributed by atoms with van der Waals surface area (Å²) in [7, 11) is 2.08. The lowest BCUT2D eigenvalue weighted by molar-refractivity contribution is -0.137. The molecule has 0 N–H and O–H groups in total. The third-order valence-electron chi connectivity index (χ3n) is 4.86. The molecule has 1 aliphatic heterocycles. The van der Waals surface area contributed by atoms with Gasteiger partial charge in [0.2, 0.25) is 0 Å². The molecule has 0 atom stereocenters. The Morgan fingerprint density at radius 1 is 1.07 bits per heavy atom.